The predicted molar refractivity (Wildman–Crippen MR) is 59.5 cm³/mol. The summed E-state index contributed by atoms with van der Waals surface area (Å²) in [6, 6.07) is 0. The molecule has 1 aliphatic carbocycles. The van der Waals surface area contributed by atoms with Gasteiger partial charge in [-0.15, -0.1) is 0 Å². The van der Waals surface area contributed by atoms with Crippen LogP contribution in [0, 0.1) is 23.2 Å². The summed E-state index contributed by atoms with van der Waals surface area (Å²) >= 11 is 0. The lowest BCUT2D eigenvalue weighted by Crippen LogP contribution is -2.28. The Hall–Kier alpha value is 0. The molecule has 0 aromatic carbocycles. The standard InChI is InChI=1S/C13H25/c1-10(2)6-12-7-11(3)8-13(4,5)9-12/h11-12H,6-9H2,1-5H3. The molecule has 0 aromatic rings. The first-order valence-electron chi connectivity index (χ1n) is 5.68. The lowest BCUT2D eigenvalue weighted by molar-refractivity contribution is 0.130. The van der Waals surface area contributed by atoms with E-state index in [0.29, 0.717) is 5.41 Å². The molecule has 13 heavy (non-hydrogen) atoms. The van der Waals surface area contributed by atoms with Crippen LogP contribution in [0.3, 0.4) is 0 Å². The largest absolute Gasteiger partial charge is 0.0625 e. The smallest absolute Gasteiger partial charge is 0.0300 e. The van der Waals surface area contributed by atoms with E-state index in [2.05, 4.69) is 34.6 Å². The minimum absolute atomic E-state index is 0.595. The molecule has 0 aliphatic heterocycles. The lowest BCUT2D eigenvalue weighted by Gasteiger charge is -2.39. The Bertz CT molecular complexity index is 153. The molecular weight excluding hydrogens is 156 g/mol. The van der Waals surface area contributed by atoms with Gasteiger partial charge in [0.2, 0.25) is 0 Å². The van der Waals surface area contributed by atoms with Gasteiger partial charge in [0.05, 0.1) is 0 Å². The molecule has 2 unspecified atom stereocenters. The molecule has 1 saturated carbocycles. The monoisotopic (exact) mass is 181 g/mol. The van der Waals surface area contributed by atoms with E-state index < -0.39 is 0 Å². The van der Waals surface area contributed by atoms with Gasteiger partial charge >= 0.3 is 0 Å². The fraction of sp³-hybridized carbons (Fsp3) is 0.923. The summed E-state index contributed by atoms with van der Waals surface area (Å²) in [4.78, 5) is 0. The molecule has 1 rings (SSSR count). The van der Waals surface area contributed by atoms with Crippen molar-refractivity contribution in [1.29, 1.82) is 0 Å². The second-order valence-corrected chi connectivity index (χ2v) is 6.19. The summed E-state index contributed by atoms with van der Waals surface area (Å²) in [5.74, 6) is 3.51. The Morgan fingerprint density at radius 3 is 2.31 bits per heavy atom. The zero-order valence-corrected chi connectivity index (χ0v) is 9.98. The van der Waals surface area contributed by atoms with Crippen LogP contribution in [0.25, 0.3) is 0 Å². The summed E-state index contributed by atoms with van der Waals surface area (Å²) in [6.45, 7) is 11.8. The molecule has 0 saturated heterocycles. The maximum Gasteiger partial charge on any atom is -0.0300 e. The van der Waals surface area contributed by atoms with Gasteiger partial charge in [0.25, 0.3) is 0 Å². The Labute approximate surface area is 84.1 Å². The van der Waals surface area contributed by atoms with Crippen LogP contribution >= 0.6 is 0 Å². The van der Waals surface area contributed by atoms with Crippen LogP contribution in [-0.2, 0) is 0 Å². The van der Waals surface area contributed by atoms with Crippen LogP contribution in [0.4, 0.5) is 0 Å². The highest BCUT2D eigenvalue weighted by Gasteiger charge is 2.31. The maximum absolute atomic E-state index is 2.43. The predicted octanol–water partition coefficient (Wildman–Crippen LogP) is 4.45. The zero-order valence-electron chi connectivity index (χ0n) is 9.98. The summed E-state index contributed by atoms with van der Waals surface area (Å²) in [5, 5.41) is 0. The van der Waals surface area contributed by atoms with Crippen molar-refractivity contribution in [3.63, 3.8) is 0 Å². The Kier molecular flexibility index (Phi) is 3.43. The molecule has 0 amide bonds. The molecule has 1 fully saturated rings. The molecule has 77 valence electrons. The quantitative estimate of drug-likeness (QED) is 0.590. The molecule has 0 N–H and O–H groups in total. The van der Waals surface area contributed by atoms with Crippen molar-refractivity contribution in [2.45, 2.75) is 60.3 Å². The molecule has 1 aliphatic rings. The van der Waals surface area contributed by atoms with Crippen molar-refractivity contribution in [2.75, 3.05) is 0 Å². The highest BCUT2D eigenvalue weighted by atomic mass is 14.4. The van der Waals surface area contributed by atoms with E-state index in [9.17, 15) is 0 Å². The van der Waals surface area contributed by atoms with E-state index in [1.807, 2.05) is 0 Å². The summed E-state index contributed by atoms with van der Waals surface area (Å²) < 4.78 is 0. The topological polar surface area (TPSA) is 0 Å². The molecular formula is C13H25. The molecule has 0 aromatic heterocycles. The van der Waals surface area contributed by atoms with Gasteiger partial charge in [-0.05, 0) is 48.9 Å². The molecule has 0 bridgehead atoms. The second-order valence-electron chi connectivity index (χ2n) is 6.19. The van der Waals surface area contributed by atoms with Crippen LogP contribution in [-0.4, -0.2) is 0 Å². The lowest BCUT2D eigenvalue weighted by atomic mass is 9.66. The number of rotatable bonds is 2. The average molecular weight is 181 g/mol. The molecule has 2 atom stereocenters. The minimum atomic E-state index is 0.595. The van der Waals surface area contributed by atoms with Crippen molar-refractivity contribution < 1.29 is 0 Å². The van der Waals surface area contributed by atoms with E-state index in [1.54, 1.807) is 5.92 Å². The van der Waals surface area contributed by atoms with Gasteiger partial charge in [0.15, 0.2) is 0 Å². The summed E-state index contributed by atoms with van der Waals surface area (Å²) in [7, 11) is 0. The van der Waals surface area contributed by atoms with Gasteiger partial charge in [0.1, 0.15) is 0 Å². The van der Waals surface area contributed by atoms with E-state index in [0.717, 1.165) is 11.8 Å². The molecule has 0 heterocycles. The van der Waals surface area contributed by atoms with Crippen molar-refractivity contribution in [3.05, 3.63) is 5.92 Å². The zero-order chi connectivity index (χ0) is 10.1. The van der Waals surface area contributed by atoms with Crippen LogP contribution in [0.15, 0.2) is 0 Å². The van der Waals surface area contributed by atoms with Crippen LogP contribution in [0.5, 0.6) is 0 Å². The van der Waals surface area contributed by atoms with Crippen molar-refractivity contribution in [1.82, 2.24) is 0 Å². The van der Waals surface area contributed by atoms with E-state index >= 15 is 0 Å². The first-order chi connectivity index (χ1) is 5.89. The molecule has 1 radical (unpaired) electrons. The first kappa shape index (κ1) is 11.1. The molecule has 0 heteroatoms. The van der Waals surface area contributed by atoms with Gasteiger partial charge in [-0.1, -0.05) is 34.6 Å². The van der Waals surface area contributed by atoms with Gasteiger partial charge in [-0.2, -0.15) is 0 Å². The SMILES string of the molecule is C[C](C)CC1CC(C)CC(C)(C)C1. The molecule has 0 nitrogen and oxygen atoms in total. The van der Waals surface area contributed by atoms with Crippen molar-refractivity contribution in [3.8, 4) is 0 Å². The van der Waals surface area contributed by atoms with Crippen LogP contribution in [0.2, 0.25) is 0 Å². The average Bonchev–Trinajstić information content (AvgIpc) is 1.78. The minimum Gasteiger partial charge on any atom is -0.0625 e. The van der Waals surface area contributed by atoms with Crippen LogP contribution in [0.1, 0.15) is 60.3 Å². The van der Waals surface area contributed by atoms with Gasteiger partial charge in [-0.3, -0.25) is 0 Å². The third-order valence-corrected chi connectivity index (χ3v) is 3.17. The third-order valence-electron chi connectivity index (χ3n) is 3.17. The summed E-state index contributed by atoms with van der Waals surface area (Å²) in [5.41, 5.74) is 0.595. The highest BCUT2D eigenvalue weighted by molar-refractivity contribution is 4.88. The van der Waals surface area contributed by atoms with E-state index in [1.165, 1.54) is 25.7 Å². The van der Waals surface area contributed by atoms with Gasteiger partial charge in [0, 0.05) is 0 Å². The number of hydrogen-bond acceptors (Lipinski definition) is 0. The Balaban J connectivity index is 2.48. The Morgan fingerprint density at radius 1 is 1.23 bits per heavy atom. The summed E-state index contributed by atoms with van der Waals surface area (Å²) in [6.07, 6.45) is 5.66. The van der Waals surface area contributed by atoms with E-state index in [4.69, 9.17) is 0 Å². The number of hydrogen-bond donors (Lipinski definition) is 0. The fourth-order valence-corrected chi connectivity index (χ4v) is 3.28. The maximum atomic E-state index is 2.43. The first-order valence-corrected chi connectivity index (χ1v) is 5.68. The Morgan fingerprint density at radius 2 is 1.85 bits per heavy atom. The van der Waals surface area contributed by atoms with Crippen LogP contribution < -0.4 is 0 Å². The van der Waals surface area contributed by atoms with Crippen molar-refractivity contribution in [2.24, 2.45) is 17.3 Å². The molecule has 0 spiro atoms. The third kappa shape index (κ3) is 3.70. The van der Waals surface area contributed by atoms with Crippen molar-refractivity contribution >= 4 is 0 Å². The van der Waals surface area contributed by atoms with E-state index in [-0.39, 0.29) is 0 Å². The fourth-order valence-electron chi connectivity index (χ4n) is 3.28. The second kappa shape index (κ2) is 4.02. The van der Waals surface area contributed by atoms with Gasteiger partial charge in [-0.25, -0.2) is 0 Å². The normalized spacial score (nSPS) is 33.7. The highest BCUT2D eigenvalue weighted by Crippen LogP contribution is 2.43. The van der Waals surface area contributed by atoms with Gasteiger partial charge < -0.3 is 0 Å².